The van der Waals surface area contributed by atoms with Crippen LogP contribution in [0.1, 0.15) is 57.8 Å². The fourth-order valence-electron chi connectivity index (χ4n) is 4.58. The average molecular weight is 334 g/mol. The van der Waals surface area contributed by atoms with Crippen molar-refractivity contribution in [3.05, 3.63) is 24.3 Å². The zero-order chi connectivity index (χ0) is 16.8. The second-order valence-corrected chi connectivity index (χ2v) is 7.37. The van der Waals surface area contributed by atoms with Crippen LogP contribution >= 0.6 is 0 Å². The summed E-state index contributed by atoms with van der Waals surface area (Å²) in [4.78, 5) is 10.5. The lowest BCUT2D eigenvalue weighted by Crippen LogP contribution is -2.28. The minimum atomic E-state index is -0.788. The Hall–Kier alpha value is -1.13. The maximum Gasteiger partial charge on any atom is 0.307 e. The number of carboxylic acid groups (broad SMARTS) is 1. The number of ether oxygens (including phenoxy) is 2. The van der Waals surface area contributed by atoms with Gasteiger partial charge in [-0.3, -0.25) is 4.79 Å². The lowest BCUT2D eigenvalue weighted by molar-refractivity contribution is -0.136. The van der Waals surface area contributed by atoms with Crippen LogP contribution in [0, 0.1) is 11.8 Å². The molecular formula is C20H30O4. The van der Waals surface area contributed by atoms with Gasteiger partial charge in [-0.15, -0.1) is 0 Å². The van der Waals surface area contributed by atoms with Crippen molar-refractivity contribution in [2.75, 3.05) is 6.61 Å². The fourth-order valence-corrected chi connectivity index (χ4v) is 4.58. The van der Waals surface area contributed by atoms with Crippen LogP contribution in [0.5, 0.6) is 0 Å². The SMILES string of the molecule is O=C(O)CC=C/C=C\C[C@H]1[C@@H](CCOC2CCCC2)[C@H]2CC[C@@H]1O2. The van der Waals surface area contributed by atoms with Gasteiger partial charge in [0.1, 0.15) is 0 Å². The predicted octanol–water partition coefficient (Wildman–Crippen LogP) is 4.11. The van der Waals surface area contributed by atoms with E-state index in [2.05, 4.69) is 6.08 Å². The lowest BCUT2D eigenvalue weighted by Gasteiger charge is -2.27. The van der Waals surface area contributed by atoms with Gasteiger partial charge in [-0.1, -0.05) is 37.1 Å². The van der Waals surface area contributed by atoms with E-state index in [-0.39, 0.29) is 6.42 Å². The number of carboxylic acids is 1. The van der Waals surface area contributed by atoms with Crippen molar-refractivity contribution in [2.45, 2.75) is 76.1 Å². The zero-order valence-corrected chi connectivity index (χ0v) is 14.4. The maximum absolute atomic E-state index is 10.5. The molecule has 4 atom stereocenters. The number of hydrogen-bond acceptors (Lipinski definition) is 3. The van der Waals surface area contributed by atoms with Gasteiger partial charge in [0.15, 0.2) is 0 Å². The monoisotopic (exact) mass is 334 g/mol. The summed E-state index contributed by atoms with van der Waals surface area (Å²) in [6.07, 6.45) is 18.8. The molecule has 1 aliphatic carbocycles. The summed E-state index contributed by atoms with van der Waals surface area (Å²) in [5.74, 6) is 0.432. The quantitative estimate of drug-likeness (QED) is 0.645. The maximum atomic E-state index is 10.5. The Morgan fingerprint density at radius 3 is 2.50 bits per heavy atom. The number of hydrogen-bond donors (Lipinski definition) is 1. The Bertz CT molecular complexity index is 464. The number of rotatable bonds is 9. The van der Waals surface area contributed by atoms with E-state index in [1.165, 1.54) is 38.5 Å². The van der Waals surface area contributed by atoms with Gasteiger partial charge < -0.3 is 14.6 Å². The van der Waals surface area contributed by atoms with Crippen molar-refractivity contribution in [3.8, 4) is 0 Å². The molecule has 134 valence electrons. The van der Waals surface area contributed by atoms with Gasteiger partial charge in [-0.2, -0.15) is 0 Å². The van der Waals surface area contributed by atoms with Crippen molar-refractivity contribution in [1.29, 1.82) is 0 Å². The minimum Gasteiger partial charge on any atom is -0.481 e. The topological polar surface area (TPSA) is 55.8 Å². The largest absolute Gasteiger partial charge is 0.481 e. The highest BCUT2D eigenvalue weighted by atomic mass is 16.5. The van der Waals surface area contributed by atoms with E-state index < -0.39 is 5.97 Å². The molecule has 3 rings (SSSR count). The molecule has 1 saturated carbocycles. The fraction of sp³-hybridized carbons (Fsp3) is 0.750. The molecule has 2 aliphatic heterocycles. The van der Waals surface area contributed by atoms with Crippen LogP contribution in [0.25, 0.3) is 0 Å². The smallest absolute Gasteiger partial charge is 0.307 e. The summed E-state index contributed by atoms with van der Waals surface area (Å²) in [6, 6.07) is 0. The first-order valence-corrected chi connectivity index (χ1v) is 9.54. The summed E-state index contributed by atoms with van der Waals surface area (Å²) >= 11 is 0. The molecule has 0 aromatic carbocycles. The molecule has 2 bridgehead atoms. The first-order valence-electron chi connectivity index (χ1n) is 9.54. The number of carbonyl (C=O) groups is 1. The van der Waals surface area contributed by atoms with E-state index in [9.17, 15) is 4.79 Å². The standard InChI is InChI=1S/C20H30O4/c21-20(22)10-4-2-1-3-9-16-17(19-12-11-18(16)24-19)13-14-23-15-7-5-6-8-15/h1-4,15-19H,5-14H2,(H,21,22)/b3-1-,4-2?/t16-,17+,18-,19+/m0/s1. The van der Waals surface area contributed by atoms with Gasteiger partial charge in [0.05, 0.1) is 24.7 Å². The van der Waals surface area contributed by atoms with Gasteiger partial charge in [-0.25, -0.2) is 0 Å². The highest BCUT2D eigenvalue weighted by Gasteiger charge is 2.47. The third-order valence-electron chi connectivity index (χ3n) is 5.78. The molecule has 0 radical (unpaired) electrons. The minimum absolute atomic E-state index is 0.0860. The molecule has 0 aromatic heterocycles. The molecule has 3 fully saturated rings. The van der Waals surface area contributed by atoms with E-state index in [1.807, 2.05) is 12.2 Å². The van der Waals surface area contributed by atoms with Crippen LogP contribution in [0.4, 0.5) is 0 Å². The number of aliphatic carboxylic acids is 1. The van der Waals surface area contributed by atoms with Gasteiger partial charge >= 0.3 is 5.97 Å². The first kappa shape index (κ1) is 17.7. The molecule has 0 amide bonds. The highest BCUT2D eigenvalue weighted by molar-refractivity contribution is 5.68. The predicted molar refractivity (Wildman–Crippen MR) is 92.8 cm³/mol. The van der Waals surface area contributed by atoms with Crippen LogP contribution in [0.3, 0.4) is 0 Å². The van der Waals surface area contributed by atoms with E-state index >= 15 is 0 Å². The van der Waals surface area contributed by atoms with Gasteiger partial charge in [0.25, 0.3) is 0 Å². The van der Waals surface area contributed by atoms with Crippen molar-refractivity contribution >= 4 is 5.97 Å². The second-order valence-electron chi connectivity index (χ2n) is 7.37. The molecule has 4 heteroatoms. The Morgan fingerprint density at radius 1 is 1.04 bits per heavy atom. The molecule has 0 aromatic rings. The van der Waals surface area contributed by atoms with E-state index in [1.54, 1.807) is 6.08 Å². The van der Waals surface area contributed by atoms with Gasteiger partial charge in [-0.05, 0) is 50.4 Å². The van der Waals surface area contributed by atoms with Crippen molar-refractivity contribution < 1.29 is 19.4 Å². The van der Waals surface area contributed by atoms with Crippen LogP contribution in [0.15, 0.2) is 24.3 Å². The second kappa shape index (κ2) is 8.82. The Morgan fingerprint density at radius 2 is 1.75 bits per heavy atom. The van der Waals surface area contributed by atoms with Crippen LogP contribution < -0.4 is 0 Å². The van der Waals surface area contributed by atoms with Gasteiger partial charge in [0.2, 0.25) is 0 Å². The summed E-state index contributed by atoms with van der Waals surface area (Å²) in [5, 5.41) is 8.61. The lowest BCUT2D eigenvalue weighted by atomic mass is 9.76. The number of allylic oxidation sites excluding steroid dienone is 3. The molecule has 0 unspecified atom stereocenters. The van der Waals surface area contributed by atoms with E-state index in [0.717, 1.165) is 19.4 Å². The van der Waals surface area contributed by atoms with Crippen LogP contribution in [-0.2, 0) is 14.3 Å². The third-order valence-corrected chi connectivity index (χ3v) is 5.78. The summed E-state index contributed by atoms with van der Waals surface area (Å²) in [5.41, 5.74) is 0. The molecule has 4 nitrogen and oxygen atoms in total. The van der Waals surface area contributed by atoms with Crippen molar-refractivity contribution in [3.63, 3.8) is 0 Å². The first-order chi connectivity index (χ1) is 11.7. The van der Waals surface area contributed by atoms with Crippen LogP contribution in [0.2, 0.25) is 0 Å². The van der Waals surface area contributed by atoms with Crippen LogP contribution in [-0.4, -0.2) is 36.0 Å². The highest BCUT2D eigenvalue weighted by Crippen LogP contribution is 2.46. The molecule has 1 N–H and O–H groups in total. The molecule has 0 spiro atoms. The molecule has 2 heterocycles. The van der Waals surface area contributed by atoms with Crippen molar-refractivity contribution in [1.82, 2.24) is 0 Å². The number of fused-ring (bicyclic) bond motifs is 2. The molecule has 24 heavy (non-hydrogen) atoms. The normalized spacial score (nSPS) is 33.3. The van der Waals surface area contributed by atoms with E-state index in [0.29, 0.717) is 30.1 Å². The van der Waals surface area contributed by atoms with Crippen molar-refractivity contribution in [2.24, 2.45) is 11.8 Å². The summed E-state index contributed by atoms with van der Waals surface area (Å²) in [7, 11) is 0. The molecule has 3 aliphatic rings. The summed E-state index contributed by atoms with van der Waals surface area (Å²) in [6.45, 7) is 0.876. The zero-order valence-electron chi connectivity index (χ0n) is 14.4. The molecule has 2 saturated heterocycles. The van der Waals surface area contributed by atoms with Gasteiger partial charge in [0, 0.05) is 6.61 Å². The Balaban J connectivity index is 1.42. The van der Waals surface area contributed by atoms with E-state index in [4.69, 9.17) is 14.6 Å². The Kier molecular flexibility index (Phi) is 6.50. The third kappa shape index (κ3) is 4.70. The molecular weight excluding hydrogens is 304 g/mol. The Labute approximate surface area is 144 Å². The average Bonchev–Trinajstić information content (AvgIpc) is 3.28. The summed E-state index contributed by atoms with van der Waals surface area (Å²) < 4.78 is 12.2.